The van der Waals surface area contributed by atoms with Crippen LogP contribution in [0.2, 0.25) is 0 Å². The molecule has 3 rings (SSSR count). The minimum atomic E-state index is -1.53. The van der Waals surface area contributed by atoms with Crippen molar-refractivity contribution in [3.05, 3.63) is 108 Å². The lowest BCUT2D eigenvalue weighted by molar-refractivity contribution is -0.154. The SMILES string of the molecule is CC(C)(c1ccccc1)C(CC(=O)O)C(C(=O)O)(c1ccccc1)C(C)(C)c1ccccc1. The molecule has 0 aromatic heterocycles. The highest BCUT2D eigenvalue weighted by molar-refractivity contribution is 5.86. The van der Waals surface area contributed by atoms with Gasteiger partial charge in [-0.15, -0.1) is 0 Å². The van der Waals surface area contributed by atoms with Crippen molar-refractivity contribution in [1.29, 1.82) is 0 Å². The van der Waals surface area contributed by atoms with Gasteiger partial charge < -0.3 is 10.2 Å². The summed E-state index contributed by atoms with van der Waals surface area (Å²) in [6.45, 7) is 7.74. The van der Waals surface area contributed by atoms with Gasteiger partial charge in [-0.05, 0) is 28.0 Å². The van der Waals surface area contributed by atoms with Crippen LogP contribution >= 0.6 is 0 Å². The summed E-state index contributed by atoms with van der Waals surface area (Å²) in [5, 5.41) is 21.1. The Balaban J connectivity index is 2.44. The summed E-state index contributed by atoms with van der Waals surface area (Å²) in [6.07, 6.45) is -0.292. The van der Waals surface area contributed by atoms with Gasteiger partial charge in [-0.25, -0.2) is 0 Å². The minimum absolute atomic E-state index is 0.292. The molecular formula is C29H32O4. The summed E-state index contributed by atoms with van der Waals surface area (Å²) in [6, 6.07) is 28.3. The van der Waals surface area contributed by atoms with Crippen LogP contribution in [0.15, 0.2) is 91.0 Å². The molecular weight excluding hydrogens is 412 g/mol. The van der Waals surface area contributed by atoms with Gasteiger partial charge in [0.15, 0.2) is 0 Å². The molecule has 0 aliphatic carbocycles. The number of rotatable bonds is 9. The van der Waals surface area contributed by atoms with Crippen LogP contribution in [0.3, 0.4) is 0 Å². The van der Waals surface area contributed by atoms with Crippen molar-refractivity contribution < 1.29 is 19.8 Å². The maximum atomic E-state index is 13.5. The lowest BCUT2D eigenvalue weighted by atomic mass is 9.47. The molecule has 0 aliphatic heterocycles. The summed E-state index contributed by atoms with van der Waals surface area (Å²) >= 11 is 0. The highest BCUT2D eigenvalue weighted by atomic mass is 16.4. The zero-order valence-corrected chi connectivity index (χ0v) is 19.7. The molecule has 172 valence electrons. The topological polar surface area (TPSA) is 74.6 Å². The number of carbonyl (C=O) groups is 2. The van der Waals surface area contributed by atoms with Crippen LogP contribution < -0.4 is 0 Å². The Kier molecular flexibility index (Phi) is 6.78. The number of hydrogen-bond acceptors (Lipinski definition) is 2. The number of benzene rings is 3. The van der Waals surface area contributed by atoms with E-state index >= 15 is 0 Å². The van der Waals surface area contributed by atoms with E-state index in [2.05, 4.69) is 0 Å². The maximum Gasteiger partial charge on any atom is 0.315 e. The third-order valence-electron chi connectivity index (χ3n) is 7.34. The molecule has 0 amide bonds. The average Bonchev–Trinajstić information content (AvgIpc) is 2.80. The lowest BCUT2D eigenvalue weighted by Gasteiger charge is -2.54. The normalized spacial score (nSPS) is 14.8. The quantitative estimate of drug-likeness (QED) is 0.421. The Morgan fingerprint density at radius 3 is 1.45 bits per heavy atom. The van der Waals surface area contributed by atoms with E-state index in [1.807, 2.05) is 119 Å². The molecule has 2 N–H and O–H groups in total. The monoisotopic (exact) mass is 444 g/mol. The van der Waals surface area contributed by atoms with Crippen LogP contribution in [0.4, 0.5) is 0 Å². The standard InChI is InChI=1S/C29H32O4/c1-27(2,21-14-8-5-9-15-21)24(20-25(30)31)29(26(32)33,23-18-12-7-13-19-23)28(3,4)22-16-10-6-11-17-22/h5-19,24H,20H2,1-4H3,(H,30,31)(H,32,33). The van der Waals surface area contributed by atoms with Crippen molar-refractivity contribution in [1.82, 2.24) is 0 Å². The molecule has 2 unspecified atom stereocenters. The number of carboxylic acid groups (broad SMARTS) is 2. The second-order valence-electron chi connectivity index (χ2n) is 9.71. The number of hydrogen-bond donors (Lipinski definition) is 2. The molecule has 4 heteroatoms. The van der Waals surface area contributed by atoms with E-state index in [1.165, 1.54) is 0 Å². The highest BCUT2D eigenvalue weighted by Crippen LogP contribution is 2.56. The Morgan fingerprint density at radius 1 is 0.667 bits per heavy atom. The summed E-state index contributed by atoms with van der Waals surface area (Å²) in [7, 11) is 0. The molecule has 0 heterocycles. The van der Waals surface area contributed by atoms with Crippen molar-refractivity contribution in [2.24, 2.45) is 5.92 Å². The molecule has 4 nitrogen and oxygen atoms in total. The van der Waals surface area contributed by atoms with E-state index in [0.29, 0.717) is 5.56 Å². The van der Waals surface area contributed by atoms with Gasteiger partial charge in [0.25, 0.3) is 0 Å². The summed E-state index contributed by atoms with van der Waals surface area (Å²) in [5.41, 5.74) is -0.889. The predicted molar refractivity (Wildman–Crippen MR) is 130 cm³/mol. The maximum absolute atomic E-state index is 13.5. The van der Waals surface area contributed by atoms with Gasteiger partial charge in [0, 0.05) is 5.41 Å². The van der Waals surface area contributed by atoms with Crippen LogP contribution in [0, 0.1) is 5.92 Å². The van der Waals surface area contributed by atoms with Crippen LogP contribution in [0.25, 0.3) is 0 Å². The van der Waals surface area contributed by atoms with Crippen molar-refractivity contribution in [3.63, 3.8) is 0 Å². The van der Waals surface area contributed by atoms with Crippen molar-refractivity contribution in [3.8, 4) is 0 Å². The van der Waals surface area contributed by atoms with E-state index in [1.54, 1.807) is 0 Å². The Labute approximate surface area is 195 Å². The van der Waals surface area contributed by atoms with Gasteiger partial charge in [-0.2, -0.15) is 0 Å². The first-order valence-electron chi connectivity index (χ1n) is 11.2. The van der Waals surface area contributed by atoms with E-state index in [-0.39, 0.29) is 6.42 Å². The third kappa shape index (κ3) is 4.18. The Hall–Kier alpha value is -3.40. The molecule has 0 fully saturated rings. The van der Waals surface area contributed by atoms with Gasteiger partial charge in [0.1, 0.15) is 5.41 Å². The van der Waals surface area contributed by atoms with E-state index < -0.39 is 34.1 Å². The van der Waals surface area contributed by atoms with Crippen molar-refractivity contribution in [2.75, 3.05) is 0 Å². The molecule has 0 radical (unpaired) electrons. The molecule has 33 heavy (non-hydrogen) atoms. The zero-order chi connectivity index (χ0) is 24.3. The van der Waals surface area contributed by atoms with Crippen molar-refractivity contribution >= 4 is 11.9 Å². The van der Waals surface area contributed by atoms with Crippen LogP contribution in [0.5, 0.6) is 0 Å². The van der Waals surface area contributed by atoms with Crippen LogP contribution in [0.1, 0.15) is 50.8 Å². The summed E-state index contributed by atoms with van der Waals surface area (Å²) in [5.74, 6) is -2.81. The van der Waals surface area contributed by atoms with Gasteiger partial charge >= 0.3 is 11.9 Å². The highest BCUT2D eigenvalue weighted by Gasteiger charge is 2.62. The first-order valence-corrected chi connectivity index (χ1v) is 11.2. The smallest absolute Gasteiger partial charge is 0.315 e. The lowest BCUT2D eigenvalue weighted by Crippen LogP contribution is -2.61. The molecule has 0 saturated heterocycles. The van der Waals surface area contributed by atoms with Gasteiger partial charge in [0.05, 0.1) is 6.42 Å². The second kappa shape index (κ2) is 9.22. The molecule has 3 aromatic carbocycles. The zero-order valence-electron chi connectivity index (χ0n) is 19.7. The van der Waals surface area contributed by atoms with Crippen molar-refractivity contribution in [2.45, 2.75) is 50.4 Å². The molecule has 2 atom stereocenters. The van der Waals surface area contributed by atoms with Gasteiger partial charge in [-0.3, -0.25) is 9.59 Å². The average molecular weight is 445 g/mol. The summed E-state index contributed by atoms with van der Waals surface area (Å²) < 4.78 is 0. The summed E-state index contributed by atoms with van der Waals surface area (Å²) in [4.78, 5) is 25.8. The van der Waals surface area contributed by atoms with Gasteiger partial charge in [0.2, 0.25) is 0 Å². The fourth-order valence-corrected chi connectivity index (χ4v) is 5.51. The second-order valence-corrected chi connectivity index (χ2v) is 9.71. The van der Waals surface area contributed by atoms with Gasteiger partial charge in [-0.1, -0.05) is 119 Å². The first-order chi connectivity index (χ1) is 15.6. The number of carboxylic acids is 2. The molecule has 3 aromatic rings. The Bertz CT molecular complexity index is 1090. The molecule has 0 spiro atoms. The molecule has 0 bridgehead atoms. The Morgan fingerprint density at radius 2 is 1.06 bits per heavy atom. The predicted octanol–water partition coefficient (Wildman–Crippen LogP) is 6.06. The fourth-order valence-electron chi connectivity index (χ4n) is 5.51. The van der Waals surface area contributed by atoms with Crippen LogP contribution in [-0.2, 0) is 25.8 Å². The largest absolute Gasteiger partial charge is 0.481 e. The molecule has 0 saturated carbocycles. The third-order valence-corrected chi connectivity index (χ3v) is 7.34. The van der Waals surface area contributed by atoms with E-state index in [0.717, 1.165) is 11.1 Å². The minimum Gasteiger partial charge on any atom is -0.481 e. The number of aliphatic carboxylic acids is 2. The van der Waals surface area contributed by atoms with E-state index in [9.17, 15) is 19.8 Å². The van der Waals surface area contributed by atoms with E-state index in [4.69, 9.17) is 0 Å². The fraction of sp³-hybridized carbons (Fsp3) is 0.310. The first kappa shape index (κ1) is 24.2. The molecule has 0 aliphatic rings. The van der Waals surface area contributed by atoms with Crippen LogP contribution in [-0.4, -0.2) is 22.2 Å².